The largest absolute Gasteiger partial charge is 0.378 e. The smallest absolute Gasteiger partial charge is 0.156 e. The molecule has 0 aromatic rings. The van der Waals surface area contributed by atoms with Gasteiger partial charge in [-0.05, 0) is 31.6 Å². The van der Waals surface area contributed by atoms with Crippen molar-refractivity contribution >= 4 is 16.9 Å². The molecular formula is C14H26N2OS. The Morgan fingerprint density at radius 3 is 2.72 bits per heavy atom. The first kappa shape index (κ1) is 14.2. The summed E-state index contributed by atoms with van der Waals surface area (Å²) >= 11 is 1.90. The van der Waals surface area contributed by atoms with Gasteiger partial charge < -0.3 is 10.1 Å². The fourth-order valence-corrected chi connectivity index (χ4v) is 3.88. The van der Waals surface area contributed by atoms with Crippen LogP contribution in [0.4, 0.5) is 0 Å². The van der Waals surface area contributed by atoms with E-state index in [2.05, 4.69) is 26.1 Å². The van der Waals surface area contributed by atoms with Crippen molar-refractivity contribution in [2.45, 2.75) is 46.1 Å². The van der Waals surface area contributed by atoms with Crippen molar-refractivity contribution in [1.82, 2.24) is 5.32 Å². The molecule has 104 valence electrons. The van der Waals surface area contributed by atoms with Gasteiger partial charge in [0.1, 0.15) is 0 Å². The summed E-state index contributed by atoms with van der Waals surface area (Å²) in [5.41, 5.74) is 0.444. The summed E-state index contributed by atoms with van der Waals surface area (Å²) in [6, 6.07) is 0. The first-order valence-corrected chi connectivity index (χ1v) is 8.20. The Bertz CT molecular complexity index is 302. The van der Waals surface area contributed by atoms with Gasteiger partial charge in [0.2, 0.25) is 0 Å². The Kier molecular flexibility index (Phi) is 4.96. The molecule has 2 heterocycles. The van der Waals surface area contributed by atoms with Gasteiger partial charge in [-0.25, -0.2) is 0 Å². The molecule has 0 aromatic heterocycles. The van der Waals surface area contributed by atoms with Crippen molar-refractivity contribution in [2.75, 3.05) is 25.4 Å². The van der Waals surface area contributed by atoms with E-state index in [1.54, 1.807) is 0 Å². The molecule has 1 fully saturated rings. The van der Waals surface area contributed by atoms with Crippen LogP contribution in [0.2, 0.25) is 0 Å². The second kappa shape index (κ2) is 6.29. The average molecular weight is 270 g/mol. The molecule has 18 heavy (non-hydrogen) atoms. The number of nitrogens with one attached hydrogen (secondary N) is 1. The number of aliphatic imine (C=N–C) groups is 1. The second-order valence-corrected chi connectivity index (χ2v) is 6.59. The van der Waals surface area contributed by atoms with Crippen molar-refractivity contribution in [3.63, 3.8) is 0 Å². The molecule has 2 aliphatic rings. The molecule has 2 atom stereocenters. The quantitative estimate of drug-likeness (QED) is 0.853. The summed E-state index contributed by atoms with van der Waals surface area (Å²) in [6.45, 7) is 9.67. The molecule has 2 unspecified atom stereocenters. The first-order valence-electron chi connectivity index (χ1n) is 7.22. The highest BCUT2D eigenvalue weighted by Crippen LogP contribution is 2.34. The molecule has 0 amide bonds. The van der Waals surface area contributed by atoms with Crippen LogP contribution in [-0.4, -0.2) is 36.7 Å². The van der Waals surface area contributed by atoms with Gasteiger partial charge in [0.25, 0.3) is 0 Å². The second-order valence-electron chi connectivity index (χ2n) is 5.62. The Labute approximate surface area is 115 Å². The van der Waals surface area contributed by atoms with E-state index in [0.717, 1.165) is 24.9 Å². The SMILES string of the molecule is CCC1(CC)CN=C(NCC2CCOC2C)SC1. The van der Waals surface area contributed by atoms with Crippen molar-refractivity contribution in [2.24, 2.45) is 16.3 Å². The summed E-state index contributed by atoms with van der Waals surface area (Å²) in [7, 11) is 0. The number of rotatable bonds is 4. The minimum Gasteiger partial charge on any atom is -0.378 e. The van der Waals surface area contributed by atoms with Gasteiger partial charge in [0.15, 0.2) is 5.17 Å². The molecule has 0 spiro atoms. The molecule has 1 N–H and O–H groups in total. The fourth-order valence-electron chi connectivity index (χ4n) is 2.60. The third-order valence-corrected chi connectivity index (χ3v) is 5.93. The lowest BCUT2D eigenvalue weighted by Gasteiger charge is -2.33. The lowest BCUT2D eigenvalue weighted by atomic mass is 9.84. The summed E-state index contributed by atoms with van der Waals surface area (Å²) < 4.78 is 5.59. The minimum absolute atomic E-state index is 0.400. The van der Waals surface area contributed by atoms with E-state index >= 15 is 0 Å². The Morgan fingerprint density at radius 1 is 1.44 bits per heavy atom. The number of amidine groups is 1. The van der Waals surface area contributed by atoms with Crippen molar-refractivity contribution in [1.29, 1.82) is 0 Å². The van der Waals surface area contributed by atoms with E-state index < -0.39 is 0 Å². The predicted molar refractivity (Wildman–Crippen MR) is 79.3 cm³/mol. The molecule has 0 aromatic carbocycles. The highest BCUT2D eigenvalue weighted by atomic mass is 32.2. The Hall–Kier alpha value is -0.220. The number of thioether (sulfide) groups is 1. The van der Waals surface area contributed by atoms with E-state index in [1.807, 2.05) is 11.8 Å². The number of nitrogens with zero attached hydrogens (tertiary/aromatic N) is 1. The standard InChI is InChI=1S/C14H26N2OS/c1-4-14(5-2)9-16-13(18-10-14)15-8-12-6-7-17-11(12)3/h11-12H,4-10H2,1-3H3,(H,15,16). The van der Waals surface area contributed by atoms with Gasteiger partial charge in [0.05, 0.1) is 6.10 Å². The molecule has 0 radical (unpaired) electrons. The molecule has 2 aliphatic heterocycles. The molecule has 0 saturated carbocycles. The maximum Gasteiger partial charge on any atom is 0.156 e. The lowest BCUT2D eigenvalue weighted by Crippen LogP contribution is -2.37. The van der Waals surface area contributed by atoms with Gasteiger partial charge in [0, 0.05) is 31.4 Å². The van der Waals surface area contributed by atoms with Crippen molar-refractivity contribution in [3.8, 4) is 0 Å². The molecule has 0 aliphatic carbocycles. The monoisotopic (exact) mass is 270 g/mol. The van der Waals surface area contributed by atoms with Gasteiger partial charge in [-0.1, -0.05) is 25.6 Å². The Morgan fingerprint density at radius 2 is 2.22 bits per heavy atom. The summed E-state index contributed by atoms with van der Waals surface area (Å²) in [5.74, 6) is 1.86. The van der Waals surface area contributed by atoms with Crippen LogP contribution in [0.3, 0.4) is 0 Å². The van der Waals surface area contributed by atoms with E-state index in [9.17, 15) is 0 Å². The molecule has 2 rings (SSSR count). The van der Waals surface area contributed by atoms with Crippen LogP contribution in [0.1, 0.15) is 40.0 Å². The third kappa shape index (κ3) is 3.21. The number of hydrogen-bond acceptors (Lipinski definition) is 4. The maximum absolute atomic E-state index is 5.59. The number of hydrogen-bond donors (Lipinski definition) is 1. The lowest BCUT2D eigenvalue weighted by molar-refractivity contribution is 0.106. The van der Waals surface area contributed by atoms with E-state index in [-0.39, 0.29) is 0 Å². The van der Waals surface area contributed by atoms with E-state index in [4.69, 9.17) is 9.73 Å². The zero-order valence-electron chi connectivity index (χ0n) is 11.9. The average Bonchev–Trinajstić information content (AvgIpc) is 2.83. The molecule has 0 bridgehead atoms. The number of ether oxygens (including phenoxy) is 1. The fraction of sp³-hybridized carbons (Fsp3) is 0.929. The predicted octanol–water partition coefficient (Wildman–Crippen LogP) is 2.91. The molecule has 3 nitrogen and oxygen atoms in total. The highest BCUT2D eigenvalue weighted by Gasteiger charge is 2.30. The third-order valence-electron chi connectivity index (χ3n) is 4.62. The van der Waals surface area contributed by atoms with Crippen LogP contribution in [-0.2, 0) is 4.74 Å². The topological polar surface area (TPSA) is 33.6 Å². The van der Waals surface area contributed by atoms with Crippen LogP contribution in [0.15, 0.2) is 4.99 Å². The van der Waals surface area contributed by atoms with Gasteiger partial charge >= 0.3 is 0 Å². The summed E-state index contributed by atoms with van der Waals surface area (Å²) in [5, 5.41) is 4.66. The van der Waals surface area contributed by atoms with Crippen LogP contribution in [0.25, 0.3) is 0 Å². The van der Waals surface area contributed by atoms with Crippen LogP contribution >= 0.6 is 11.8 Å². The zero-order valence-corrected chi connectivity index (χ0v) is 12.7. The zero-order chi connectivity index (χ0) is 13.0. The molecule has 1 saturated heterocycles. The van der Waals surface area contributed by atoms with E-state index in [0.29, 0.717) is 17.4 Å². The van der Waals surface area contributed by atoms with Crippen LogP contribution < -0.4 is 5.32 Å². The summed E-state index contributed by atoms with van der Waals surface area (Å²) in [6.07, 6.45) is 4.05. The van der Waals surface area contributed by atoms with Crippen molar-refractivity contribution < 1.29 is 4.74 Å². The first-order chi connectivity index (χ1) is 8.69. The van der Waals surface area contributed by atoms with Crippen LogP contribution in [0.5, 0.6) is 0 Å². The van der Waals surface area contributed by atoms with Gasteiger partial charge in [-0.3, -0.25) is 4.99 Å². The molecular weight excluding hydrogens is 244 g/mol. The van der Waals surface area contributed by atoms with E-state index in [1.165, 1.54) is 25.0 Å². The van der Waals surface area contributed by atoms with Gasteiger partial charge in [-0.15, -0.1) is 0 Å². The van der Waals surface area contributed by atoms with Crippen LogP contribution in [0, 0.1) is 11.3 Å². The van der Waals surface area contributed by atoms with Crippen molar-refractivity contribution in [3.05, 3.63) is 0 Å². The highest BCUT2D eigenvalue weighted by molar-refractivity contribution is 8.13. The Balaban J connectivity index is 1.79. The summed E-state index contributed by atoms with van der Waals surface area (Å²) in [4.78, 5) is 4.74. The van der Waals surface area contributed by atoms with Gasteiger partial charge in [-0.2, -0.15) is 0 Å². The normalized spacial score (nSPS) is 31.2. The maximum atomic E-state index is 5.59. The minimum atomic E-state index is 0.400. The molecule has 4 heteroatoms.